The monoisotopic (exact) mass is 205 g/mol. The summed E-state index contributed by atoms with van der Waals surface area (Å²) in [5.41, 5.74) is -0.444. The average Bonchev–Trinajstić information content (AvgIpc) is 2.24. The number of hydrogen-bond acceptors (Lipinski definition) is 4. The standard InChI is InChI=1S/C11H11NO3/c1-11(14)6-8(15-2)10(13)9-7(11)4-3-5-12-9/h3-6,14H,1-2H3. The first-order chi connectivity index (χ1) is 7.06. The maximum absolute atomic E-state index is 11.8. The van der Waals surface area contributed by atoms with Crippen LogP contribution in [0.4, 0.5) is 0 Å². The molecular formula is C11H11NO3. The minimum Gasteiger partial charge on any atom is -0.493 e. The Morgan fingerprint density at radius 2 is 2.27 bits per heavy atom. The normalized spacial score (nSPS) is 24.5. The number of ketones is 1. The summed E-state index contributed by atoms with van der Waals surface area (Å²) in [7, 11) is 1.40. The molecule has 4 heteroatoms. The van der Waals surface area contributed by atoms with Gasteiger partial charge < -0.3 is 9.84 Å². The SMILES string of the molecule is COC1=CC(C)(O)c2cccnc2C1=O. The van der Waals surface area contributed by atoms with Crippen LogP contribution in [0.25, 0.3) is 0 Å². The van der Waals surface area contributed by atoms with Crippen LogP contribution in [0.3, 0.4) is 0 Å². The van der Waals surface area contributed by atoms with Crippen LogP contribution < -0.4 is 0 Å². The molecule has 1 atom stereocenters. The molecule has 78 valence electrons. The summed E-state index contributed by atoms with van der Waals surface area (Å²) in [6.45, 7) is 1.60. The molecule has 0 radical (unpaired) electrons. The quantitative estimate of drug-likeness (QED) is 0.743. The topological polar surface area (TPSA) is 59.4 Å². The minimum atomic E-state index is -1.21. The summed E-state index contributed by atoms with van der Waals surface area (Å²) in [6.07, 6.45) is 2.92. The molecule has 1 aromatic rings. The first-order valence-corrected chi connectivity index (χ1v) is 4.55. The molecule has 0 aliphatic heterocycles. The van der Waals surface area contributed by atoms with Gasteiger partial charge in [0.15, 0.2) is 5.76 Å². The van der Waals surface area contributed by atoms with Gasteiger partial charge in [-0.2, -0.15) is 0 Å². The Morgan fingerprint density at radius 3 is 2.93 bits per heavy atom. The van der Waals surface area contributed by atoms with Gasteiger partial charge >= 0.3 is 0 Å². The number of aromatic nitrogens is 1. The van der Waals surface area contributed by atoms with Crippen LogP contribution in [0.5, 0.6) is 0 Å². The Balaban J connectivity index is 2.65. The summed E-state index contributed by atoms with van der Waals surface area (Å²) >= 11 is 0. The number of rotatable bonds is 1. The van der Waals surface area contributed by atoms with E-state index in [0.717, 1.165) is 0 Å². The largest absolute Gasteiger partial charge is 0.493 e. The highest BCUT2D eigenvalue weighted by atomic mass is 16.5. The van der Waals surface area contributed by atoms with Crippen molar-refractivity contribution in [1.82, 2.24) is 4.98 Å². The van der Waals surface area contributed by atoms with Gasteiger partial charge in [0.2, 0.25) is 5.78 Å². The van der Waals surface area contributed by atoms with Crippen molar-refractivity contribution in [2.75, 3.05) is 7.11 Å². The van der Waals surface area contributed by atoms with Gasteiger partial charge in [0.1, 0.15) is 11.3 Å². The van der Waals surface area contributed by atoms with Gasteiger partial charge in [-0.05, 0) is 19.1 Å². The average molecular weight is 205 g/mol. The van der Waals surface area contributed by atoms with Gasteiger partial charge in [0.05, 0.1) is 7.11 Å². The van der Waals surface area contributed by atoms with Crippen molar-refractivity contribution >= 4 is 5.78 Å². The van der Waals surface area contributed by atoms with Crippen LogP contribution >= 0.6 is 0 Å². The highest BCUT2D eigenvalue weighted by molar-refractivity contribution is 6.08. The third-order valence-corrected chi connectivity index (χ3v) is 2.42. The van der Waals surface area contributed by atoms with E-state index in [4.69, 9.17) is 4.74 Å². The molecule has 0 fully saturated rings. The van der Waals surface area contributed by atoms with Crippen molar-refractivity contribution in [2.24, 2.45) is 0 Å². The molecule has 2 rings (SSSR count). The third-order valence-electron chi connectivity index (χ3n) is 2.42. The van der Waals surface area contributed by atoms with Gasteiger partial charge in [0.25, 0.3) is 0 Å². The zero-order valence-corrected chi connectivity index (χ0v) is 8.52. The van der Waals surface area contributed by atoms with Crippen molar-refractivity contribution in [3.63, 3.8) is 0 Å². The number of hydrogen-bond donors (Lipinski definition) is 1. The molecule has 0 amide bonds. The minimum absolute atomic E-state index is 0.131. The molecular weight excluding hydrogens is 194 g/mol. The Kier molecular flexibility index (Phi) is 2.08. The molecule has 1 heterocycles. The van der Waals surface area contributed by atoms with E-state index in [0.29, 0.717) is 5.56 Å². The summed E-state index contributed by atoms with van der Waals surface area (Å²) in [6, 6.07) is 3.37. The fourth-order valence-electron chi connectivity index (χ4n) is 1.66. The van der Waals surface area contributed by atoms with Crippen molar-refractivity contribution in [3.8, 4) is 0 Å². The first kappa shape index (κ1) is 9.86. The first-order valence-electron chi connectivity index (χ1n) is 4.55. The molecule has 4 nitrogen and oxygen atoms in total. The second kappa shape index (κ2) is 3.17. The number of ether oxygens (including phenoxy) is 1. The second-order valence-electron chi connectivity index (χ2n) is 3.59. The van der Waals surface area contributed by atoms with Crippen LogP contribution in [0.15, 0.2) is 30.2 Å². The van der Waals surface area contributed by atoms with Gasteiger partial charge in [0, 0.05) is 11.8 Å². The number of allylic oxidation sites excluding steroid dienone is 1. The van der Waals surface area contributed by atoms with Crippen LogP contribution in [-0.4, -0.2) is 23.0 Å². The lowest BCUT2D eigenvalue weighted by atomic mass is 9.87. The number of Topliss-reactive ketones (excluding diaryl/α,β-unsaturated/α-hetero) is 1. The van der Waals surface area contributed by atoms with Crippen LogP contribution in [0.2, 0.25) is 0 Å². The Morgan fingerprint density at radius 1 is 1.53 bits per heavy atom. The molecule has 1 unspecified atom stereocenters. The molecule has 15 heavy (non-hydrogen) atoms. The van der Waals surface area contributed by atoms with E-state index in [9.17, 15) is 9.90 Å². The Hall–Kier alpha value is -1.68. The lowest BCUT2D eigenvalue weighted by molar-refractivity contribution is 0.0791. The van der Waals surface area contributed by atoms with Crippen LogP contribution in [0.1, 0.15) is 23.0 Å². The number of carbonyl (C=O) groups is 1. The van der Waals surface area contributed by atoms with Gasteiger partial charge in [-0.1, -0.05) is 6.07 Å². The van der Waals surface area contributed by atoms with E-state index in [1.165, 1.54) is 19.4 Å². The highest BCUT2D eigenvalue weighted by Gasteiger charge is 2.35. The zero-order chi connectivity index (χ0) is 11.1. The van der Waals surface area contributed by atoms with E-state index in [-0.39, 0.29) is 17.2 Å². The van der Waals surface area contributed by atoms with Crippen molar-refractivity contribution < 1.29 is 14.6 Å². The number of nitrogens with zero attached hydrogens (tertiary/aromatic N) is 1. The third kappa shape index (κ3) is 1.43. The Bertz CT molecular complexity index is 449. The zero-order valence-electron chi connectivity index (χ0n) is 8.52. The van der Waals surface area contributed by atoms with E-state index >= 15 is 0 Å². The lowest BCUT2D eigenvalue weighted by Crippen LogP contribution is -2.29. The van der Waals surface area contributed by atoms with Crippen molar-refractivity contribution in [3.05, 3.63) is 41.4 Å². The van der Waals surface area contributed by atoms with E-state index < -0.39 is 5.60 Å². The maximum Gasteiger partial charge on any atom is 0.245 e. The highest BCUT2D eigenvalue weighted by Crippen LogP contribution is 2.31. The number of carbonyl (C=O) groups excluding carboxylic acids is 1. The number of pyridine rings is 1. The molecule has 1 aliphatic rings. The van der Waals surface area contributed by atoms with Gasteiger partial charge in [-0.3, -0.25) is 9.78 Å². The predicted octanol–water partition coefficient (Wildman–Crippen LogP) is 1.02. The molecule has 1 N–H and O–H groups in total. The van der Waals surface area contributed by atoms with Gasteiger partial charge in [-0.25, -0.2) is 0 Å². The number of fused-ring (bicyclic) bond motifs is 1. The van der Waals surface area contributed by atoms with E-state index in [2.05, 4.69) is 4.98 Å². The molecule has 0 spiro atoms. The molecule has 1 aliphatic carbocycles. The number of methoxy groups -OCH3 is 1. The van der Waals surface area contributed by atoms with E-state index in [1.807, 2.05) is 0 Å². The molecule has 0 saturated carbocycles. The molecule has 0 aromatic carbocycles. The summed E-state index contributed by atoms with van der Waals surface area (Å²) in [5.74, 6) is -0.161. The predicted molar refractivity (Wildman–Crippen MR) is 53.2 cm³/mol. The molecule has 1 aromatic heterocycles. The smallest absolute Gasteiger partial charge is 0.245 e. The summed E-state index contributed by atoms with van der Waals surface area (Å²) in [5, 5.41) is 10.1. The van der Waals surface area contributed by atoms with Gasteiger partial charge in [-0.15, -0.1) is 0 Å². The lowest BCUT2D eigenvalue weighted by Gasteiger charge is -2.26. The Labute approximate surface area is 87.2 Å². The van der Waals surface area contributed by atoms with Crippen molar-refractivity contribution in [2.45, 2.75) is 12.5 Å². The maximum atomic E-state index is 11.8. The fraction of sp³-hybridized carbons (Fsp3) is 0.273. The molecule has 0 saturated heterocycles. The summed E-state index contributed by atoms with van der Waals surface area (Å²) in [4.78, 5) is 15.7. The fourth-order valence-corrected chi connectivity index (χ4v) is 1.66. The molecule has 0 bridgehead atoms. The number of aliphatic hydroxyl groups is 1. The van der Waals surface area contributed by atoms with E-state index in [1.54, 1.807) is 19.1 Å². The second-order valence-corrected chi connectivity index (χ2v) is 3.59. The summed E-state index contributed by atoms with van der Waals surface area (Å²) < 4.78 is 4.91. The van der Waals surface area contributed by atoms with Crippen LogP contribution in [-0.2, 0) is 10.3 Å². The van der Waals surface area contributed by atoms with Crippen LogP contribution in [0, 0.1) is 0 Å². The van der Waals surface area contributed by atoms with Crippen molar-refractivity contribution in [1.29, 1.82) is 0 Å².